The summed E-state index contributed by atoms with van der Waals surface area (Å²) in [5, 5.41) is 0. The molecule has 0 spiro atoms. The van der Waals surface area contributed by atoms with Crippen molar-refractivity contribution in [3.8, 4) is 11.4 Å². The summed E-state index contributed by atoms with van der Waals surface area (Å²) in [5.74, 6) is 0.656. The predicted octanol–water partition coefficient (Wildman–Crippen LogP) is 1.83. The molecule has 3 rings (SSSR count). The van der Waals surface area contributed by atoms with Crippen molar-refractivity contribution in [2.45, 2.75) is 4.90 Å². The summed E-state index contributed by atoms with van der Waals surface area (Å²) in [6, 6.07) is 13.8. The van der Waals surface area contributed by atoms with Crippen LogP contribution in [0.3, 0.4) is 0 Å². The first-order valence-corrected chi connectivity index (χ1v) is 7.01. The van der Waals surface area contributed by atoms with Gasteiger partial charge in [-0.05, 0) is 18.2 Å². The van der Waals surface area contributed by atoms with Crippen LogP contribution in [0.4, 0.5) is 0 Å². The molecular weight excluding hydrogens is 303 g/mol. The molecule has 0 amide bonds. The molecule has 2 aromatic carbocycles. The van der Waals surface area contributed by atoms with E-state index in [1.165, 1.54) is 12.1 Å². The second-order valence-corrected chi connectivity index (χ2v) is 5.53. The second kappa shape index (κ2) is 6.06. The van der Waals surface area contributed by atoms with Crippen LogP contribution in [0.15, 0.2) is 53.4 Å². The molecule has 0 aliphatic carbocycles. The number of rotatable bonds is 2. The zero-order valence-electron chi connectivity index (χ0n) is 9.74. The van der Waals surface area contributed by atoms with Gasteiger partial charge in [-0.15, -0.1) is 0 Å². The van der Waals surface area contributed by atoms with Crippen LogP contribution in [-0.2, 0) is 10.1 Å². The first-order chi connectivity index (χ1) is 9.04. The van der Waals surface area contributed by atoms with Gasteiger partial charge in [0.05, 0.1) is 15.9 Å². The number of nitrogens with one attached hydrogen (secondary N) is 1. The standard InChI is InChI=1S/C13H10N2O3S.K.H/c16-19(17,18)10-6-7-11-12(8-10)15-13(14-11)9-4-2-1-3-5-9;;/h1-8H,(H,14,15)(H,16,17,18);;. The van der Waals surface area contributed by atoms with Crippen LogP contribution in [-0.4, -0.2) is 74.3 Å². The number of fused-ring (bicyclic) bond motifs is 1. The van der Waals surface area contributed by atoms with Crippen molar-refractivity contribution < 1.29 is 13.0 Å². The van der Waals surface area contributed by atoms with Crippen molar-refractivity contribution in [1.29, 1.82) is 0 Å². The Morgan fingerprint density at radius 3 is 2.40 bits per heavy atom. The third-order valence-corrected chi connectivity index (χ3v) is 3.65. The van der Waals surface area contributed by atoms with Crippen LogP contribution in [0.5, 0.6) is 0 Å². The molecule has 0 atom stereocenters. The number of hydrogen-bond acceptors (Lipinski definition) is 3. The van der Waals surface area contributed by atoms with E-state index >= 15 is 0 Å². The molecule has 7 heteroatoms. The van der Waals surface area contributed by atoms with Crippen molar-refractivity contribution in [3.05, 3.63) is 48.5 Å². The molecule has 0 aliphatic rings. The van der Waals surface area contributed by atoms with Crippen LogP contribution < -0.4 is 0 Å². The van der Waals surface area contributed by atoms with E-state index in [4.69, 9.17) is 4.55 Å². The summed E-state index contributed by atoms with van der Waals surface area (Å²) in [5.41, 5.74) is 2.12. The van der Waals surface area contributed by atoms with E-state index in [-0.39, 0.29) is 56.3 Å². The minimum atomic E-state index is -4.20. The molecule has 0 fully saturated rings. The van der Waals surface area contributed by atoms with Gasteiger partial charge in [-0.25, -0.2) is 4.98 Å². The van der Waals surface area contributed by atoms with Crippen molar-refractivity contribution in [3.63, 3.8) is 0 Å². The Bertz CT molecular complexity index is 844. The van der Waals surface area contributed by atoms with E-state index in [1.807, 2.05) is 30.3 Å². The molecule has 5 nitrogen and oxygen atoms in total. The van der Waals surface area contributed by atoms with Gasteiger partial charge in [0.2, 0.25) is 0 Å². The minimum absolute atomic E-state index is 0. The maximum atomic E-state index is 11.1. The number of H-pyrrole nitrogens is 1. The van der Waals surface area contributed by atoms with Crippen LogP contribution >= 0.6 is 0 Å². The Morgan fingerprint density at radius 2 is 1.75 bits per heavy atom. The van der Waals surface area contributed by atoms with Gasteiger partial charge >= 0.3 is 51.4 Å². The van der Waals surface area contributed by atoms with Gasteiger partial charge in [0.25, 0.3) is 10.1 Å². The Labute approximate surface area is 158 Å². The number of imidazole rings is 1. The van der Waals surface area contributed by atoms with Gasteiger partial charge < -0.3 is 4.98 Å². The van der Waals surface area contributed by atoms with Crippen LogP contribution in [0.25, 0.3) is 22.4 Å². The molecule has 0 aliphatic heterocycles. The molecule has 1 heterocycles. The van der Waals surface area contributed by atoms with E-state index in [0.717, 1.165) is 5.56 Å². The zero-order valence-corrected chi connectivity index (χ0v) is 10.6. The third-order valence-electron chi connectivity index (χ3n) is 2.80. The molecule has 1 aromatic heterocycles. The Morgan fingerprint density at radius 1 is 1.05 bits per heavy atom. The average molecular weight is 314 g/mol. The fourth-order valence-corrected chi connectivity index (χ4v) is 2.38. The quantitative estimate of drug-likeness (QED) is 0.558. The molecule has 98 valence electrons. The molecule has 2 N–H and O–H groups in total. The van der Waals surface area contributed by atoms with Crippen molar-refractivity contribution >= 4 is 72.5 Å². The van der Waals surface area contributed by atoms with Crippen molar-refractivity contribution in [2.75, 3.05) is 0 Å². The summed E-state index contributed by atoms with van der Waals surface area (Å²) < 4.78 is 31.1. The number of aromatic nitrogens is 2. The molecule has 0 unspecified atom stereocenters. The number of nitrogens with zero attached hydrogens (tertiary/aromatic N) is 1. The van der Waals surface area contributed by atoms with Crippen LogP contribution in [0, 0.1) is 0 Å². The Hall–Kier alpha value is -0.544. The normalized spacial score (nSPS) is 11.2. The second-order valence-electron chi connectivity index (χ2n) is 4.11. The van der Waals surface area contributed by atoms with Gasteiger partial charge in [-0.3, -0.25) is 4.55 Å². The van der Waals surface area contributed by atoms with E-state index in [9.17, 15) is 8.42 Å². The van der Waals surface area contributed by atoms with E-state index < -0.39 is 10.1 Å². The summed E-state index contributed by atoms with van der Waals surface area (Å²) in [6.07, 6.45) is 0. The third kappa shape index (κ3) is 3.20. The summed E-state index contributed by atoms with van der Waals surface area (Å²) in [4.78, 5) is 7.27. The van der Waals surface area contributed by atoms with Crippen molar-refractivity contribution in [1.82, 2.24) is 9.97 Å². The fraction of sp³-hybridized carbons (Fsp3) is 0. The Balaban J connectivity index is 0.00000147. The molecule has 3 aromatic rings. The summed E-state index contributed by atoms with van der Waals surface area (Å²) in [6.45, 7) is 0. The molecule has 0 radical (unpaired) electrons. The molecule has 20 heavy (non-hydrogen) atoms. The topological polar surface area (TPSA) is 83.0 Å². The molecule has 0 bridgehead atoms. The van der Waals surface area contributed by atoms with Crippen LogP contribution in [0.2, 0.25) is 0 Å². The first kappa shape index (κ1) is 15.8. The van der Waals surface area contributed by atoms with E-state index in [1.54, 1.807) is 6.07 Å². The molecule has 0 saturated heterocycles. The monoisotopic (exact) mass is 314 g/mol. The number of benzene rings is 2. The summed E-state index contributed by atoms with van der Waals surface area (Å²) >= 11 is 0. The van der Waals surface area contributed by atoms with Gasteiger partial charge in [0.1, 0.15) is 5.82 Å². The zero-order chi connectivity index (χ0) is 13.5. The number of hydrogen-bond donors (Lipinski definition) is 2. The van der Waals surface area contributed by atoms with Crippen molar-refractivity contribution in [2.24, 2.45) is 0 Å². The Kier molecular flexibility index (Phi) is 4.80. The average Bonchev–Trinajstić information content (AvgIpc) is 2.81. The van der Waals surface area contributed by atoms with E-state index in [0.29, 0.717) is 16.9 Å². The van der Waals surface area contributed by atoms with Gasteiger partial charge in [-0.2, -0.15) is 8.42 Å². The van der Waals surface area contributed by atoms with Crippen LogP contribution in [0.1, 0.15) is 0 Å². The summed E-state index contributed by atoms with van der Waals surface area (Å²) in [7, 11) is -4.20. The van der Waals surface area contributed by atoms with E-state index in [2.05, 4.69) is 9.97 Å². The maximum absolute atomic E-state index is 11.1. The van der Waals surface area contributed by atoms with Gasteiger partial charge in [-0.1, -0.05) is 30.3 Å². The van der Waals surface area contributed by atoms with Gasteiger partial charge in [0.15, 0.2) is 0 Å². The molecule has 0 saturated carbocycles. The number of aromatic amines is 1. The predicted molar refractivity (Wildman–Crippen MR) is 78.5 cm³/mol. The first-order valence-electron chi connectivity index (χ1n) is 5.57. The van der Waals surface area contributed by atoms with Gasteiger partial charge in [0, 0.05) is 5.56 Å². The molecular formula is C13H11KN2O3S. The SMILES string of the molecule is O=S(=O)(O)c1ccc2[nH]c(-c3ccccc3)nc2c1.[KH]. The fourth-order valence-electron chi connectivity index (χ4n) is 1.88.